The zero-order chi connectivity index (χ0) is 31.7. The van der Waals surface area contributed by atoms with E-state index in [1.807, 2.05) is 37.3 Å². The van der Waals surface area contributed by atoms with Crippen LogP contribution < -0.4 is 4.90 Å². The van der Waals surface area contributed by atoms with Crippen LogP contribution in [0.5, 0.6) is 0 Å². The Balaban J connectivity index is 1.15. The lowest BCUT2D eigenvalue weighted by Gasteiger charge is -2.59. The minimum absolute atomic E-state index is 0.0103. The Morgan fingerprint density at radius 2 is 1.80 bits per heavy atom. The summed E-state index contributed by atoms with van der Waals surface area (Å²) in [6.07, 6.45) is 8.81. The lowest BCUT2D eigenvalue weighted by Crippen LogP contribution is -2.61. The maximum Gasteiger partial charge on any atom is 0.306 e. The minimum Gasteiger partial charge on any atom is -0.458 e. The van der Waals surface area contributed by atoms with Crippen LogP contribution in [0, 0.1) is 28.6 Å². The van der Waals surface area contributed by atoms with Crippen LogP contribution >= 0.6 is 23.2 Å². The molecule has 3 saturated carbocycles. The third-order valence-corrected chi connectivity index (χ3v) is 11.7. The number of anilines is 1. The number of alkyl halides is 2. The summed E-state index contributed by atoms with van der Waals surface area (Å²) in [5.74, 6) is 0.166. The second kappa shape index (κ2) is 13.3. The van der Waals surface area contributed by atoms with Crippen molar-refractivity contribution in [2.75, 3.05) is 36.4 Å². The Bertz CT molecular complexity index is 1310. The van der Waals surface area contributed by atoms with Crippen molar-refractivity contribution in [2.45, 2.75) is 76.9 Å². The number of rotatable bonds is 12. The molecule has 1 aromatic carbocycles. The molecule has 240 valence electrons. The smallest absolute Gasteiger partial charge is 0.306 e. The highest BCUT2D eigenvalue weighted by atomic mass is 35.5. The first-order valence-electron chi connectivity index (χ1n) is 16.0. The van der Waals surface area contributed by atoms with Gasteiger partial charge in [0, 0.05) is 53.7 Å². The number of hydrogen-bond acceptors (Lipinski definition) is 7. The molecule has 0 heterocycles. The van der Waals surface area contributed by atoms with Crippen LogP contribution in [0.15, 0.2) is 48.1 Å². The molecule has 0 aliphatic heterocycles. The molecule has 1 unspecified atom stereocenters. The lowest BCUT2D eigenvalue weighted by molar-refractivity contribution is -0.181. The van der Waals surface area contributed by atoms with Crippen LogP contribution in [0.3, 0.4) is 0 Å². The predicted molar refractivity (Wildman–Crippen MR) is 172 cm³/mol. The van der Waals surface area contributed by atoms with Crippen LogP contribution in [-0.4, -0.2) is 70.9 Å². The molecule has 3 fully saturated rings. The summed E-state index contributed by atoms with van der Waals surface area (Å²) in [7, 11) is 0. The van der Waals surface area contributed by atoms with E-state index in [0.29, 0.717) is 44.1 Å². The lowest BCUT2D eigenvalue weighted by atomic mass is 9.46. The summed E-state index contributed by atoms with van der Waals surface area (Å²) in [4.78, 5) is 40.3. The fraction of sp³-hybridized carbons (Fsp3) is 0.629. The van der Waals surface area contributed by atoms with E-state index in [0.717, 1.165) is 29.7 Å². The molecule has 0 spiro atoms. The highest BCUT2D eigenvalue weighted by molar-refractivity contribution is 6.18. The summed E-state index contributed by atoms with van der Waals surface area (Å²) < 4.78 is 5.39. The zero-order valence-corrected chi connectivity index (χ0v) is 27.3. The van der Waals surface area contributed by atoms with E-state index in [1.165, 1.54) is 0 Å². The third kappa shape index (κ3) is 6.02. The summed E-state index contributed by atoms with van der Waals surface area (Å²) in [6.45, 7) is 4.99. The summed E-state index contributed by atoms with van der Waals surface area (Å²) in [5, 5.41) is 23.4. The fourth-order valence-electron chi connectivity index (χ4n) is 9.01. The molecule has 9 heteroatoms. The first-order valence-corrected chi connectivity index (χ1v) is 17.0. The van der Waals surface area contributed by atoms with Crippen molar-refractivity contribution >= 4 is 46.4 Å². The number of ether oxygens (including phenoxy) is 1. The first-order chi connectivity index (χ1) is 21.0. The van der Waals surface area contributed by atoms with Crippen molar-refractivity contribution in [1.82, 2.24) is 0 Å². The number of carbonyl (C=O) groups excluding carboxylic acids is 3. The molecule has 0 radical (unpaired) electrons. The number of nitrogens with zero attached hydrogens (tertiary/aromatic N) is 1. The van der Waals surface area contributed by atoms with E-state index in [1.54, 1.807) is 12.2 Å². The van der Waals surface area contributed by atoms with Crippen molar-refractivity contribution in [2.24, 2.45) is 28.6 Å². The third-order valence-electron chi connectivity index (χ3n) is 11.3. The standard InChI is InChI=1S/C35H45Cl2NO6/c1-33-14-12-26(39)20-24(33)8-11-27-28-13-15-35(43,34(28,2)21-29(40)32(27)33)30(41)22-44-31(42)5-3-4-23-6-9-25(10-7-23)38(18-16-36)19-17-37/h6-7,9-10,12,14,20,27-29,32,40,43H,3-5,8,11,13,15-19,21-22H2,1-2H3/t27-,28-,29-,32?,33-,34-,35-/m1/s1. The van der Waals surface area contributed by atoms with Crippen LogP contribution in [0.4, 0.5) is 5.69 Å². The maximum atomic E-state index is 13.5. The number of aliphatic hydroxyl groups excluding tert-OH is 1. The van der Waals surface area contributed by atoms with Gasteiger partial charge in [0.1, 0.15) is 5.60 Å². The highest BCUT2D eigenvalue weighted by Crippen LogP contribution is 2.67. The largest absolute Gasteiger partial charge is 0.458 e. The fourth-order valence-corrected chi connectivity index (χ4v) is 9.42. The topological polar surface area (TPSA) is 104 Å². The van der Waals surface area contributed by atoms with Crippen LogP contribution in [-0.2, 0) is 25.5 Å². The maximum absolute atomic E-state index is 13.5. The Hall–Kier alpha value is -2.19. The summed E-state index contributed by atoms with van der Waals surface area (Å²) >= 11 is 11.8. The highest BCUT2D eigenvalue weighted by Gasteiger charge is 2.68. The number of fused-ring (bicyclic) bond motifs is 5. The number of hydrogen-bond donors (Lipinski definition) is 2. The van der Waals surface area contributed by atoms with Gasteiger partial charge in [-0.15, -0.1) is 23.2 Å². The van der Waals surface area contributed by atoms with Gasteiger partial charge in [-0.2, -0.15) is 0 Å². The first kappa shape index (κ1) is 33.2. The quantitative estimate of drug-likeness (QED) is 0.231. The van der Waals surface area contributed by atoms with Crippen LogP contribution in [0.25, 0.3) is 0 Å². The number of Topliss-reactive ketones (excluding diaryl/α,β-unsaturated/α-hetero) is 1. The van der Waals surface area contributed by atoms with Crippen LogP contribution in [0.1, 0.15) is 64.4 Å². The van der Waals surface area contributed by atoms with Gasteiger partial charge in [-0.1, -0.05) is 37.6 Å². The van der Waals surface area contributed by atoms with Gasteiger partial charge in [0.2, 0.25) is 5.78 Å². The van der Waals surface area contributed by atoms with Crippen molar-refractivity contribution in [1.29, 1.82) is 0 Å². The van der Waals surface area contributed by atoms with Crippen molar-refractivity contribution < 1.29 is 29.3 Å². The molecule has 4 aliphatic rings. The van der Waals surface area contributed by atoms with Crippen molar-refractivity contribution in [3.05, 3.63) is 53.6 Å². The van der Waals surface area contributed by atoms with Gasteiger partial charge in [0.25, 0.3) is 0 Å². The van der Waals surface area contributed by atoms with Crippen molar-refractivity contribution in [3.8, 4) is 0 Å². The number of carbonyl (C=O) groups is 3. The Labute approximate surface area is 270 Å². The molecule has 1 aromatic rings. The Morgan fingerprint density at radius 1 is 1.09 bits per heavy atom. The van der Waals surface area contributed by atoms with Crippen molar-refractivity contribution in [3.63, 3.8) is 0 Å². The molecule has 4 aliphatic carbocycles. The number of aliphatic hydroxyl groups is 2. The average Bonchev–Trinajstić information content (AvgIpc) is 3.27. The molecule has 7 nitrogen and oxygen atoms in total. The molecule has 7 atom stereocenters. The van der Waals surface area contributed by atoms with E-state index in [9.17, 15) is 24.6 Å². The summed E-state index contributed by atoms with van der Waals surface area (Å²) in [6, 6.07) is 8.12. The van der Waals surface area contributed by atoms with Gasteiger partial charge >= 0.3 is 5.97 Å². The van der Waals surface area contributed by atoms with E-state index >= 15 is 0 Å². The number of halogens is 2. The number of benzene rings is 1. The number of allylic oxidation sites excluding steroid dienone is 4. The minimum atomic E-state index is -1.66. The normalized spacial score (nSPS) is 34.0. The summed E-state index contributed by atoms with van der Waals surface area (Å²) in [5.41, 5.74) is 0.321. The molecule has 0 saturated heterocycles. The van der Waals surface area contributed by atoms with Crippen LogP contribution in [0.2, 0.25) is 0 Å². The number of aryl methyl sites for hydroxylation is 1. The van der Waals surface area contributed by atoms with E-state index < -0.39 is 40.9 Å². The SMILES string of the molecule is C[C@@]12C=CC(=O)C=C1CC[C@H]1C2[C@H](O)C[C@]2(C)[C@@H]1CC[C@@]2(O)C(=O)COC(=O)CCCc1ccc(N(CCCl)CCCl)cc1. The Morgan fingerprint density at radius 3 is 2.48 bits per heavy atom. The molecule has 0 bridgehead atoms. The molecule has 0 amide bonds. The van der Waals surface area contributed by atoms with Gasteiger partial charge in [0.05, 0.1) is 6.10 Å². The average molecular weight is 647 g/mol. The van der Waals surface area contributed by atoms with E-state index in [2.05, 4.69) is 11.8 Å². The monoisotopic (exact) mass is 645 g/mol. The van der Waals surface area contributed by atoms with E-state index in [-0.39, 0.29) is 42.8 Å². The van der Waals surface area contributed by atoms with Gasteiger partial charge < -0.3 is 19.8 Å². The second-order valence-electron chi connectivity index (χ2n) is 13.6. The molecular weight excluding hydrogens is 601 g/mol. The molecule has 44 heavy (non-hydrogen) atoms. The molecule has 0 aromatic heterocycles. The zero-order valence-electron chi connectivity index (χ0n) is 25.8. The molecule has 5 rings (SSSR count). The predicted octanol–water partition coefficient (Wildman–Crippen LogP) is 5.42. The van der Waals surface area contributed by atoms with Gasteiger partial charge in [-0.3, -0.25) is 14.4 Å². The number of esters is 1. The molecule has 2 N–H and O–H groups in total. The molecular formula is C35H45Cl2NO6. The number of ketones is 2. The van der Waals surface area contributed by atoms with E-state index in [4.69, 9.17) is 27.9 Å². The second-order valence-corrected chi connectivity index (χ2v) is 14.3. The van der Waals surface area contributed by atoms with Gasteiger partial charge in [0.15, 0.2) is 12.4 Å². The van der Waals surface area contributed by atoms with Gasteiger partial charge in [-0.05, 0) is 86.6 Å². The Kier molecular flexibility index (Phi) is 10.0. The van der Waals surface area contributed by atoms with Gasteiger partial charge in [-0.25, -0.2) is 0 Å².